The van der Waals surface area contributed by atoms with Crippen LogP contribution in [0.3, 0.4) is 0 Å². The third-order valence-electron chi connectivity index (χ3n) is 2.73. The molecule has 2 rings (SSSR count). The van der Waals surface area contributed by atoms with E-state index in [1.165, 1.54) is 11.8 Å². The topological polar surface area (TPSA) is 64.3 Å². The molecule has 1 aromatic carbocycles. The minimum atomic E-state index is -2.87. The predicted molar refractivity (Wildman–Crippen MR) is 66.2 cm³/mol. The summed E-state index contributed by atoms with van der Waals surface area (Å²) in [7, 11) is 1.54. The Morgan fingerprint density at radius 3 is 2.50 bits per heavy atom. The van der Waals surface area contributed by atoms with Crippen molar-refractivity contribution in [1.82, 2.24) is 9.78 Å². The third kappa shape index (κ3) is 2.93. The Morgan fingerprint density at radius 1 is 1.40 bits per heavy atom. The number of carbonyl (C=O) groups is 1. The average Bonchev–Trinajstić information content (AvgIpc) is 2.84. The first kappa shape index (κ1) is 14.0. The van der Waals surface area contributed by atoms with Gasteiger partial charge in [-0.3, -0.25) is 4.68 Å². The number of aromatic carboxylic acids is 1. The van der Waals surface area contributed by atoms with E-state index in [0.29, 0.717) is 5.75 Å². The number of aromatic nitrogens is 2. The van der Waals surface area contributed by atoms with Gasteiger partial charge in [0, 0.05) is 6.20 Å². The van der Waals surface area contributed by atoms with Crippen LogP contribution in [0.1, 0.15) is 28.0 Å². The van der Waals surface area contributed by atoms with Crippen LogP contribution < -0.4 is 4.74 Å². The van der Waals surface area contributed by atoms with Crippen molar-refractivity contribution in [2.45, 2.75) is 13.0 Å². The monoisotopic (exact) mass is 282 g/mol. The van der Waals surface area contributed by atoms with Crippen LogP contribution in [0.15, 0.2) is 30.5 Å². The molecule has 5 nitrogen and oxygen atoms in total. The Labute approximate surface area is 113 Å². The lowest BCUT2D eigenvalue weighted by Crippen LogP contribution is -2.04. The van der Waals surface area contributed by atoms with E-state index in [0.717, 1.165) is 11.8 Å². The van der Waals surface area contributed by atoms with Gasteiger partial charge in [-0.1, -0.05) is 12.1 Å². The highest BCUT2D eigenvalue weighted by molar-refractivity contribution is 5.87. The van der Waals surface area contributed by atoms with Gasteiger partial charge in [0.1, 0.15) is 5.75 Å². The maximum absolute atomic E-state index is 12.7. The van der Waals surface area contributed by atoms with E-state index in [9.17, 15) is 13.6 Å². The second-order valence-corrected chi connectivity index (χ2v) is 4.08. The van der Waals surface area contributed by atoms with E-state index in [-0.39, 0.29) is 6.54 Å². The first-order chi connectivity index (χ1) is 9.51. The molecular weight excluding hydrogens is 270 g/mol. The van der Waals surface area contributed by atoms with Gasteiger partial charge in [-0.05, 0) is 17.7 Å². The molecule has 7 heteroatoms. The standard InChI is InChI=1S/C13H12F2N2O3/c1-20-9-4-2-8(3-5-9)6-17-7-10(12(14)15)11(16-17)13(18)19/h2-5,7,12H,6H2,1H3,(H,18,19). The largest absolute Gasteiger partial charge is 0.497 e. The van der Waals surface area contributed by atoms with E-state index in [2.05, 4.69) is 5.10 Å². The minimum Gasteiger partial charge on any atom is -0.497 e. The Balaban J connectivity index is 2.24. The number of ether oxygens (including phenoxy) is 1. The molecule has 0 radical (unpaired) electrons. The van der Waals surface area contributed by atoms with Crippen molar-refractivity contribution in [3.63, 3.8) is 0 Å². The molecule has 0 bridgehead atoms. The second kappa shape index (κ2) is 5.68. The highest BCUT2D eigenvalue weighted by Crippen LogP contribution is 2.22. The third-order valence-corrected chi connectivity index (χ3v) is 2.73. The highest BCUT2D eigenvalue weighted by atomic mass is 19.3. The molecule has 0 amide bonds. The Hall–Kier alpha value is -2.44. The number of methoxy groups -OCH3 is 1. The Bertz CT molecular complexity index is 609. The molecule has 20 heavy (non-hydrogen) atoms. The summed E-state index contributed by atoms with van der Waals surface area (Å²) in [6.45, 7) is 0.205. The quantitative estimate of drug-likeness (QED) is 0.915. The van der Waals surface area contributed by atoms with Crippen LogP contribution in [-0.4, -0.2) is 28.0 Å². The van der Waals surface area contributed by atoms with Gasteiger partial charge in [-0.2, -0.15) is 5.10 Å². The number of nitrogens with zero attached hydrogens (tertiary/aromatic N) is 2. The zero-order chi connectivity index (χ0) is 14.7. The lowest BCUT2D eigenvalue weighted by atomic mass is 10.2. The molecule has 1 N–H and O–H groups in total. The summed E-state index contributed by atoms with van der Waals surface area (Å²) in [5, 5.41) is 12.5. The van der Waals surface area contributed by atoms with Crippen molar-refractivity contribution >= 4 is 5.97 Å². The first-order valence-corrected chi connectivity index (χ1v) is 5.73. The van der Waals surface area contributed by atoms with Crippen LogP contribution in [0.4, 0.5) is 8.78 Å². The Kier molecular flexibility index (Phi) is 3.97. The number of rotatable bonds is 5. The van der Waals surface area contributed by atoms with E-state index < -0.39 is 23.7 Å². The number of carboxylic acid groups (broad SMARTS) is 1. The van der Waals surface area contributed by atoms with Gasteiger partial charge in [0.15, 0.2) is 5.69 Å². The summed E-state index contributed by atoms with van der Waals surface area (Å²) in [6.07, 6.45) is -1.82. The van der Waals surface area contributed by atoms with Crippen LogP contribution >= 0.6 is 0 Å². The van der Waals surface area contributed by atoms with Crippen molar-refractivity contribution in [3.8, 4) is 5.75 Å². The van der Waals surface area contributed by atoms with Crippen LogP contribution in [0.5, 0.6) is 5.75 Å². The molecule has 0 spiro atoms. The van der Waals surface area contributed by atoms with Gasteiger partial charge in [0.2, 0.25) is 0 Å². The van der Waals surface area contributed by atoms with E-state index in [1.807, 2.05) is 0 Å². The summed E-state index contributed by atoms with van der Waals surface area (Å²) in [5.41, 5.74) is -0.398. The van der Waals surface area contributed by atoms with Crippen molar-refractivity contribution in [2.24, 2.45) is 0 Å². The summed E-state index contributed by atoms with van der Waals surface area (Å²) in [4.78, 5) is 10.8. The predicted octanol–water partition coefficient (Wildman–Crippen LogP) is 2.58. The van der Waals surface area contributed by atoms with Crippen molar-refractivity contribution in [3.05, 3.63) is 47.3 Å². The molecule has 0 fully saturated rings. The smallest absolute Gasteiger partial charge is 0.356 e. The van der Waals surface area contributed by atoms with Crippen molar-refractivity contribution < 1.29 is 23.4 Å². The van der Waals surface area contributed by atoms with Gasteiger partial charge in [0.05, 0.1) is 19.2 Å². The molecule has 0 saturated carbocycles. The maximum Gasteiger partial charge on any atom is 0.356 e. The fraction of sp³-hybridized carbons (Fsp3) is 0.231. The molecule has 2 aromatic rings. The summed E-state index contributed by atoms with van der Waals surface area (Å²) >= 11 is 0. The highest BCUT2D eigenvalue weighted by Gasteiger charge is 2.22. The molecular formula is C13H12F2N2O3. The molecule has 0 atom stereocenters. The minimum absolute atomic E-state index is 0.205. The van der Waals surface area contributed by atoms with Gasteiger partial charge >= 0.3 is 5.97 Å². The second-order valence-electron chi connectivity index (χ2n) is 4.08. The number of benzene rings is 1. The van der Waals surface area contributed by atoms with Gasteiger partial charge in [-0.25, -0.2) is 13.6 Å². The van der Waals surface area contributed by atoms with Crippen molar-refractivity contribution in [1.29, 1.82) is 0 Å². The maximum atomic E-state index is 12.7. The molecule has 1 heterocycles. The fourth-order valence-electron chi connectivity index (χ4n) is 1.76. The van der Waals surface area contributed by atoms with Gasteiger partial charge < -0.3 is 9.84 Å². The molecule has 1 aromatic heterocycles. The number of hydrogen-bond acceptors (Lipinski definition) is 3. The van der Waals surface area contributed by atoms with E-state index in [4.69, 9.17) is 9.84 Å². The average molecular weight is 282 g/mol. The SMILES string of the molecule is COc1ccc(Cn2cc(C(F)F)c(C(=O)O)n2)cc1. The van der Waals surface area contributed by atoms with Crippen molar-refractivity contribution in [2.75, 3.05) is 7.11 Å². The molecule has 106 valence electrons. The lowest BCUT2D eigenvalue weighted by molar-refractivity contribution is 0.0677. The zero-order valence-corrected chi connectivity index (χ0v) is 10.6. The molecule has 0 unspecified atom stereocenters. The fourth-order valence-corrected chi connectivity index (χ4v) is 1.76. The molecule has 0 aliphatic rings. The van der Waals surface area contributed by atoms with Crippen LogP contribution in [0, 0.1) is 0 Å². The molecule has 0 saturated heterocycles. The number of hydrogen-bond donors (Lipinski definition) is 1. The summed E-state index contributed by atoms with van der Waals surface area (Å²) < 4.78 is 31.6. The first-order valence-electron chi connectivity index (χ1n) is 5.73. The summed E-state index contributed by atoms with van der Waals surface area (Å²) in [6, 6.07) is 6.96. The van der Waals surface area contributed by atoms with E-state index >= 15 is 0 Å². The van der Waals surface area contributed by atoms with Gasteiger partial charge in [-0.15, -0.1) is 0 Å². The number of carboxylic acids is 1. The van der Waals surface area contributed by atoms with Gasteiger partial charge in [0.25, 0.3) is 6.43 Å². The Morgan fingerprint density at radius 2 is 2.05 bits per heavy atom. The van der Waals surface area contributed by atoms with Crippen LogP contribution in [0.25, 0.3) is 0 Å². The number of halogens is 2. The number of alkyl halides is 2. The van der Waals surface area contributed by atoms with Crippen LogP contribution in [-0.2, 0) is 6.54 Å². The normalized spacial score (nSPS) is 10.8. The zero-order valence-electron chi connectivity index (χ0n) is 10.6. The molecule has 0 aliphatic heterocycles. The summed E-state index contributed by atoms with van der Waals surface area (Å²) in [5.74, 6) is -0.789. The van der Waals surface area contributed by atoms with E-state index in [1.54, 1.807) is 24.3 Å². The van der Waals surface area contributed by atoms with Crippen LogP contribution in [0.2, 0.25) is 0 Å². The lowest BCUT2D eigenvalue weighted by Gasteiger charge is -2.03. The molecule has 0 aliphatic carbocycles.